The Bertz CT molecular complexity index is 3150. The standard InChI is InChI=1S/C48H30O/c1-3-14-31(15-4-1)33-26-27-37-44-25-13-24-43(48(44)49-45(37)30-33)36-28-29-42(35-19-8-7-18-34(35)36)47-40-22-11-9-20-38(40)46(32-16-5-2-6-17-32)39-21-10-12-23-41(39)47/h1-30H/i7D,8D,18D,19D,28D,29D. The summed E-state index contributed by atoms with van der Waals surface area (Å²) in [5.74, 6) is 0. The number of hydrogen-bond acceptors (Lipinski definition) is 1. The van der Waals surface area contributed by atoms with Crippen molar-refractivity contribution in [3.63, 3.8) is 0 Å². The van der Waals surface area contributed by atoms with Crippen LogP contribution in [0.4, 0.5) is 0 Å². The first-order valence-electron chi connectivity index (χ1n) is 19.4. The number of hydrogen-bond donors (Lipinski definition) is 0. The molecule has 1 heteroatoms. The van der Waals surface area contributed by atoms with Crippen molar-refractivity contribution in [2.75, 3.05) is 0 Å². The van der Waals surface area contributed by atoms with Gasteiger partial charge in [0, 0.05) is 16.3 Å². The maximum atomic E-state index is 9.83. The van der Waals surface area contributed by atoms with Crippen molar-refractivity contribution < 1.29 is 12.6 Å². The number of para-hydroxylation sites is 1. The van der Waals surface area contributed by atoms with Crippen LogP contribution in [0.15, 0.2) is 186 Å². The van der Waals surface area contributed by atoms with E-state index < -0.39 is 12.1 Å². The predicted octanol–water partition coefficient (Wildman–Crippen LogP) is 13.7. The van der Waals surface area contributed by atoms with Crippen molar-refractivity contribution in [2.45, 2.75) is 0 Å². The van der Waals surface area contributed by atoms with Crippen molar-refractivity contribution in [3.8, 4) is 44.5 Å². The highest BCUT2D eigenvalue weighted by Gasteiger charge is 2.20. The molecule has 0 fully saturated rings. The van der Waals surface area contributed by atoms with Crippen LogP contribution < -0.4 is 0 Å². The van der Waals surface area contributed by atoms with Gasteiger partial charge in [0.2, 0.25) is 0 Å². The third-order valence-electron chi connectivity index (χ3n) is 9.62. The van der Waals surface area contributed by atoms with Crippen LogP contribution in [-0.4, -0.2) is 0 Å². The second kappa shape index (κ2) is 11.1. The molecule has 0 spiro atoms. The van der Waals surface area contributed by atoms with Gasteiger partial charge in [0.05, 0.1) is 8.22 Å². The molecule has 0 aliphatic carbocycles. The zero-order chi connectivity index (χ0) is 37.5. The second-order valence-corrected chi connectivity index (χ2v) is 12.3. The highest BCUT2D eigenvalue weighted by atomic mass is 16.3. The fourth-order valence-electron chi connectivity index (χ4n) is 7.45. The minimum absolute atomic E-state index is 0.130. The summed E-state index contributed by atoms with van der Waals surface area (Å²) in [6.45, 7) is 0. The lowest BCUT2D eigenvalue weighted by Crippen LogP contribution is -1.92. The summed E-state index contributed by atoms with van der Waals surface area (Å²) < 4.78 is 62.7. The van der Waals surface area contributed by atoms with Gasteiger partial charge in [-0.15, -0.1) is 0 Å². The van der Waals surface area contributed by atoms with Gasteiger partial charge in [0.25, 0.3) is 0 Å². The topological polar surface area (TPSA) is 13.1 Å². The van der Waals surface area contributed by atoms with Gasteiger partial charge < -0.3 is 4.42 Å². The lowest BCUT2D eigenvalue weighted by Gasteiger charge is -2.19. The fourth-order valence-corrected chi connectivity index (χ4v) is 7.45. The molecule has 49 heavy (non-hydrogen) atoms. The Labute approximate surface area is 292 Å². The van der Waals surface area contributed by atoms with Crippen molar-refractivity contribution in [1.29, 1.82) is 0 Å². The van der Waals surface area contributed by atoms with Crippen LogP contribution in [0.2, 0.25) is 0 Å². The van der Waals surface area contributed by atoms with E-state index in [0.717, 1.165) is 54.6 Å². The fraction of sp³-hybridized carbons (Fsp3) is 0. The number of fused-ring (bicyclic) bond motifs is 6. The molecule has 0 radical (unpaired) electrons. The molecule has 0 amide bonds. The van der Waals surface area contributed by atoms with E-state index >= 15 is 0 Å². The molecule has 228 valence electrons. The molecule has 10 aromatic rings. The molecular formula is C48H30O. The summed E-state index contributed by atoms with van der Waals surface area (Å²) in [6.07, 6.45) is 0. The van der Waals surface area contributed by atoms with Crippen molar-refractivity contribution in [1.82, 2.24) is 0 Å². The SMILES string of the molecule is [2H]c1c([2H])c([2H])c2c(-c3cccc4c3oc3cc(-c5ccccc5)ccc34)c([2H])c([2H])c(-c3c4ccccc4c(-c4ccccc4)c4ccccc34)c2c1[2H]. The molecule has 0 atom stereocenters. The van der Waals surface area contributed by atoms with Crippen molar-refractivity contribution in [2.24, 2.45) is 0 Å². The Morgan fingerprint density at radius 3 is 1.57 bits per heavy atom. The summed E-state index contributed by atoms with van der Waals surface area (Å²) in [6, 6.07) is 46.2. The molecule has 0 N–H and O–H groups in total. The molecular weight excluding hydrogens is 593 g/mol. The van der Waals surface area contributed by atoms with Crippen molar-refractivity contribution >= 4 is 54.3 Å². The summed E-state index contributed by atoms with van der Waals surface area (Å²) in [5, 5.41) is 5.59. The predicted molar refractivity (Wildman–Crippen MR) is 208 cm³/mol. The van der Waals surface area contributed by atoms with E-state index in [2.05, 4.69) is 30.3 Å². The maximum Gasteiger partial charge on any atom is 0.143 e. The van der Waals surface area contributed by atoms with Gasteiger partial charge in [-0.2, -0.15) is 0 Å². The molecule has 0 unspecified atom stereocenters. The Morgan fingerprint density at radius 2 is 0.898 bits per heavy atom. The van der Waals surface area contributed by atoms with Crippen LogP contribution in [-0.2, 0) is 0 Å². The van der Waals surface area contributed by atoms with E-state index in [4.69, 9.17) is 7.16 Å². The van der Waals surface area contributed by atoms with Crippen LogP contribution in [0.3, 0.4) is 0 Å². The molecule has 0 saturated carbocycles. The van der Waals surface area contributed by atoms with Crippen LogP contribution in [0.5, 0.6) is 0 Å². The van der Waals surface area contributed by atoms with Crippen LogP contribution in [0, 0.1) is 0 Å². The molecule has 9 aromatic carbocycles. The first kappa shape index (κ1) is 22.2. The average Bonchev–Trinajstić information content (AvgIpc) is 3.61. The lowest BCUT2D eigenvalue weighted by molar-refractivity contribution is 0.670. The van der Waals surface area contributed by atoms with Crippen molar-refractivity contribution in [3.05, 3.63) is 182 Å². The van der Waals surface area contributed by atoms with E-state index in [9.17, 15) is 5.48 Å². The minimum atomic E-state index is -0.403. The lowest BCUT2D eigenvalue weighted by atomic mass is 9.84. The Morgan fingerprint density at radius 1 is 0.347 bits per heavy atom. The molecule has 1 heterocycles. The summed E-state index contributed by atoms with van der Waals surface area (Å²) in [7, 11) is 0. The van der Waals surface area contributed by atoms with Crippen LogP contribution in [0.1, 0.15) is 8.22 Å². The van der Waals surface area contributed by atoms with Gasteiger partial charge in [0.1, 0.15) is 11.2 Å². The molecule has 1 aromatic heterocycles. The third kappa shape index (κ3) is 4.33. The molecule has 0 saturated heterocycles. The van der Waals surface area contributed by atoms with Gasteiger partial charge in [-0.3, -0.25) is 0 Å². The zero-order valence-corrected chi connectivity index (χ0v) is 26.3. The largest absolute Gasteiger partial charge is 0.455 e. The van der Waals surface area contributed by atoms with Crippen LogP contribution >= 0.6 is 0 Å². The van der Waals surface area contributed by atoms with Gasteiger partial charge >= 0.3 is 0 Å². The summed E-state index contributed by atoms with van der Waals surface area (Å²) in [4.78, 5) is 0. The van der Waals surface area contributed by atoms with E-state index in [0.29, 0.717) is 27.9 Å². The third-order valence-corrected chi connectivity index (χ3v) is 9.62. The molecule has 0 bridgehead atoms. The van der Waals surface area contributed by atoms with E-state index in [1.54, 1.807) is 0 Å². The van der Waals surface area contributed by atoms with Gasteiger partial charge in [-0.1, -0.05) is 170 Å². The first-order valence-corrected chi connectivity index (χ1v) is 16.4. The number of furan rings is 1. The Kier molecular flexibility index (Phi) is 5.02. The first-order chi connectivity index (χ1) is 26.8. The molecule has 1 nitrogen and oxygen atoms in total. The molecule has 10 rings (SSSR count). The van der Waals surface area contributed by atoms with E-state index in [1.807, 2.05) is 115 Å². The maximum absolute atomic E-state index is 9.83. The smallest absolute Gasteiger partial charge is 0.143 e. The normalized spacial score (nSPS) is 13.4. The minimum Gasteiger partial charge on any atom is -0.455 e. The van der Waals surface area contributed by atoms with E-state index in [1.165, 1.54) is 0 Å². The van der Waals surface area contributed by atoms with Gasteiger partial charge in [0.15, 0.2) is 0 Å². The number of benzene rings is 9. The highest BCUT2D eigenvalue weighted by Crippen LogP contribution is 2.47. The molecule has 0 aliphatic heterocycles. The average molecular weight is 629 g/mol. The van der Waals surface area contributed by atoms with Crippen LogP contribution in [0.25, 0.3) is 98.8 Å². The number of rotatable bonds is 4. The van der Waals surface area contributed by atoms with Gasteiger partial charge in [-0.05, 0) is 83.4 Å². The highest BCUT2D eigenvalue weighted by molar-refractivity contribution is 6.24. The quantitative estimate of drug-likeness (QED) is 0.177. The zero-order valence-electron chi connectivity index (χ0n) is 32.3. The monoisotopic (exact) mass is 628 g/mol. The Balaban J connectivity index is 1.34. The summed E-state index contributed by atoms with van der Waals surface area (Å²) in [5.41, 5.74) is 6.92. The Hall–Kier alpha value is -6.44. The summed E-state index contributed by atoms with van der Waals surface area (Å²) >= 11 is 0. The van der Waals surface area contributed by atoms with Gasteiger partial charge in [-0.25, -0.2) is 0 Å². The second-order valence-electron chi connectivity index (χ2n) is 12.3. The van der Waals surface area contributed by atoms with E-state index in [-0.39, 0.29) is 40.5 Å². The molecule has 0 aliphatic rings.